The Bertz CT molecular complexity index is 883. The Morgan fingerprint density at radius 2 is 1.54 bits per heavy atom. The summed E-state index contributed by atoms with van der Waals surface area (Å²) >= 11 is 0. The van der Waals surface area contributed by atoms with Gasteiger partial charge in [0.15, 0.2) is 23.1 Å². The molecule has 0 spiro atoms. The SMILES string of the molecule is COCc1ccc2c(c1O)C(=O)c1cc(O)c(OC)c(O)c1C2=O. The van der Waals surface area contributed by atoms with Crippen LogP contribution in [0, 0.1) is 0 Å². The lowest BCUT2D eigenvalue weighted by Crippen LogP contribution is -2.22. The summed E-state index contributed by atoms with van der Waals surface area (Å²) in [7, 11) is 2.65. The molecular weight excluding hydrogens is 316 g/mol. The first kappa shape index (κ1) is 15.8. The fourth-order valence-electron chi connectivity index (χ4n) is 2.84. The van der Waals surface area contributed by atoms with E-state index in [9.17, 15) is 24.9 Å². The number of aromatic hydroxyl groups is 3. The first-order valence-electron chi connectivity index (χ1n) is 6.98. The van der Waals surface area contributed by atoms with Crippen molar-refractivity contribution in [3.63, 3.8) is 0 Å². The molecule has 124 valence electrons. The summed E-state index contributed by atoms with van der Waals surface area (Å²) in [4.78, 5) is 25.4. The van der Waals surface area contributed by atoms with Gasteiger partial charge >= 0.3 is 0 Å². The van der Waals surface area contributed by atoms with Crippen molar-refractivity contribution >= 4 is 11.6 Å². The monoisotopic (exact) mass is 330 g/mol. The minimum Gasteiger partial charge on any atom is -0.507 e. The van der Waals surface area contributed by atoms with Crippen molar-refractivity contribution in [1.29, 1.82) is 0 Å². The Morgan fingerprint density at radius 1 is 0.917 bits per heavy atom. The van der Waals surface area contributed by atoms with Gasteiger partial charge in [-0.25, -0.2) is 0 Å². The van der Waals surface area contributed by atoms with Crippen LogP contribution in [-0.4, -0.2) is 41.1 Å². The van der Waals surface area contributed by atoms with Crippen LogP contribution in [0.5, 0.6) is 23.0 Å². The number of hydrogen-bond donors (Lipinski definition) is 3. The zero-order valence-corrected chi connectivity index (χ0v) is 12.9. The molecule has 0 atom stereocenters. The van der Waals surface area contributed by atoms with Crippen LogP contribution in [0.1, 0.15) is 37.4 Å². The number of phenolic OH excluding ortho intramolecular Hbond substituents is 3. The molecule has 3 N–H and O–H groups in total. The Kier molecular flexibility index (Phi) is 3.65. The lowest BCUT2D eigenvalue weighted by molar-refractivity contribution is 0.0972. The van der Waals surface area contributed by atoms with Crippen LogP contribution in [0.15, 0.2) is 18.2 Å². The maximum absolute atomic E-state index is 12.7. The van der Waals surface area contributed by atoms with Gasteiger partial charge in [-0.05, 0) is 12.1 Å². The van der Waals surface area contributed by atoms with Gasteiger partial charge < -0.3 is 24.8 Å². The standard InChI is InChI=1S/C17H14O7/c1-23-6-7-3-4-8-11(13(7)19)15(21)9-5-10(18)17(24-2)16(22)12(9)14(8)20/h3-5,18-19,22H,6H2,1-2H3. The van der Waals surface area contributed by atoms with Gasteiger partial charge in [-0.15, -0.1) is 0 Å². The molecule has 0 amide bonds. The number of phenols is 3. The van der Waals surface area contributed by atoms with E-state index < -0.39 is 23.1 Å². The lowest BCUT2D eigenvalue weighted by atomic mass is 9.82. The predicted octanol–water partition coefficient (Wildman–Crippen LogP) is 1.73. The van der Waals surface area contributed by atoms with E-state index in [-0.39, 0.29) is 40.4 Å². The van der Waals surface area contributed by atoms with Crippen molar-refractivity contribution in [3.05, 3.63) is 46.0 Å². The van der Waals surface area contributed by atoms with E-state index in [1.807, 2.05) is 0 Å². The molecule has 7 nitrogen and oxygen atoms in total. The molecule has 0 fully saturated rings. The summed E-state index contributed by atoms with van der Waals surface area (Å²) in [5.41, 5.74) is -0.323. The van der Waals surface area contributed by atoms with Gasteiger partial charge in [0.25, 0.3) is 0 Å². The van der Waals surface area contributed by atoms with Crippen molar-refractivity contribution in [2.24, 2.45) is 0 Å². The van der Waals surface area contributed by atoms with Crippen molar-refractivity contribution in [2.75, 3.05) is 14.2 Å². The van der Waals surface area contributed by atoms with Gasteiger partial charge in [0.2, 0.25) is 5.75 Å². The molecule has 1 aliphatic rings. The zero-order valence-electron chi connectivity index (χ0n) is 12.9. The molecule has 1 aliphatic carbocycles. The van der Waals surface area contributed by atoms with Gasteiger partial charge in [0, 0.05) is 23.8 Å². The van der Waals surface area contributed by atoms with Crippen LogP contribution in [-0.2, 0) is 11.3 Å². The highest BCUT2D eigenvalue weighted by Crippen LogP contribution is 2.45. The smallest absolute Gasteiger partial charge is 0.203 e. The number of ether oxygens (including phenoxy) is 2. The minimum absolute atomic E-state index is 0.0344. The number of carbonyl (C=O) groups excluding carboxylic acids is 2. The lowest BCUT2D eigenvalue weighted by Gasteiger charge is -2.21. The highest BCUT2D eigenvalue weighted by molar-refractivity contribution is 6.30. The molecule has 0 saturated carbocycles. The second-order valence-corrected chi connectivity index (χ2v) is 5.29. The second-order valence-electron chi connectivity index (χ2n) is 5.29. The number of ketones is 2. The molecule has 7 heteroatoms. The van der Waals surface area contributed by atoms with E-state index in [0.29, 0.717) is 5.56 Å². The largest absolute Gasteiger partial charge is 0.507 e. The number of hydrogen-bond acceptors (Lipinski definition) is 7. The molecule has 2 aromatic carbocycles. The van der Waals surface area contributed by atoms with E-state index in [1.165, 1.54) is 26.4 Å². The highest BCUT2D eigenvalue weighted by Gasteiger charge is 2.37. The normalized spacial score (nSPS) is 12.8. The predicted molar refractivity (Wildman–Crippen MR) is 82.0 cm³/mol. The third kappa shape index (κ3) is 2.02. The molecule has 3 rings (SSSR count). The van der Waals surface area contributed by atoms with Crippen LogP contribution < -0.4 is 4.74 Å². The van der Waals surface area contributed by atoms with Gasteiger partial charge in [0.1, 0.15) is 5.75 Å². The third-order valence-corrected chi connectivity index (χ3v) is 3.94. The van der Waals surface area contributed by atoms with E-state index in [2.05, 4.69) is 0 Å². The molecule has 0 unspecified atom stereocenters. The molecule has 0 radical (unpaired) electrons. The quantitative estimate of drug-likeness (QED) is 0.670. The Labute approximate surface area is 136 Å². The van der Waals surface area contributed by atoms with Crippen LogP contribution in [0.4, 0.5) is 0 Å². The summed E-state index contributed by atoms with van der Waals surface area (Å²) in [6.45, 7) is 0.0621. The van der Waals surface area contributed by atoms with Gasteiger partial charge in [-0.2, -0.15) is 0 Å². The van der Waals surface area contributed by atoms with Crippen LogP contribution >= 0.6 is 0 Å². The summed E-state index contributed by atoms with van der Waals surface area (Å²) < 4.78 is 9.81. The first-order valence-corrected chi connectivity index (χ1v) is 6.98. The molecule has 0 saturated heterocycles. The average molecular weight is 330 g/mol. The maximum Gasteiger partial charge on any atom is 0.203 e. The van der Waals surface area contributed by atoms with Gasteiger partial charge in [0.05, 0.1) is 24.8 Å². The fraction of sp³-hybridized carbons (Fsp3) is 0.176. The van der Waals surface area contributed by atoms with Crippen molar-refractivity contribution in [3.8, 4) is 23.0 Å². The summed E-state index contributed by atoms with van der Waals surface area (Å²) in [6.07, 6.45) is 0. The molecule has 2 aromatic rings. The van der Waals surface area contributed by atoms with E-state index in [0.717, 1.165) is 6.07 Å². The van der Waals surface area contributed by atoms with Gasteiger partial charge in [-0.3, -0.25) is 9.59 Å². The zero-order chi connectivity index (χ0) is 17.6. The highest BCUT2D eigenvalue weighted by atomic mass is 16.5. The van der Waals surface area contributed by atoms with Crippen LogP contribution in [0.3, 0.4) is 0 Å². The molecule has 0 aliphatic heterocycles. The molecule has 24 heavy (non-hydrogen) atoms. The number of fused-ring (bicyclic) bond motifs is 2. The second kappa shape index (κ2) is 5.54. The third-order valence-electron chi connectivity index (χ3n) is 3.94. The Morgan fingerprint density at radius 3 is 2.17 bits per heavy atom. The van der Waals surface area contributed by atoms with Crippen molar-refractivity contribution in [1.82, 2.24) is 0 Å². The molecular formula is C17H14O7. The number of benzene rings is 2. The molecule has 0 bridgehead atoms. The minimum atomic E-state index is -0.677. The summed E-state index contributed by atoms with van der Waals surface area (Å²) in [5, 5.41) is 30.4. The molecule has 0 aromatic heterocycles. The number of methoxy groups -OCH3 is 2. The van der Waals surface area contributed by atoms with Crippen molar-refractivity contribution in [2.45, 2.75) is 6.61 Å². The van der Waals surface area contributed by atoms with Crippen molar-refractivity contribution < 1.29 is 34.4 Å². The fourth-order valence-corrected chi connectivity index (χ4v) is 2.84. The molecule has 0 heterocycles. The van der Waals surface area contributed by atoms with Crippen LogP contribution in [0.2, 0.25) is 0 Å². The Hall–Kier alpha value is -3.06. The van der Waals surface area contributed by atoms with E-state index >= 15 is 0 Å². The number of rotatable bonds is 3. The summed E-state index contributed by atoms with van der Waals surface area (Å²) in [5.74, 6) is -3.06. The average Bonchev–Trinajstić information content (AvgIpc) is 2.54. The summed E-state index contributed by atoms with van der Waals surface area (Å²) in [6, 6.07) is 3.91. The number of carbonyl (C=O) groups is 2. The van der Waals surface area contributed by atoms with E-state index in [4.69, 9.17) is 9.47 Å². The maximum atomic E-state index is 12.7. The first-order chi connectivity index (χ1) is 11.4. The van der Waals surface area contributed by atoms with Gasteiger partial charge in [-0.1, -0.05) is 6.07 Å². The van der Waals surface area contributed by atoms with E-state index in [1.54, 1.807) is 0 Å². The van der Waals surface area contributed by atoms with Crippen LogP contribution in [0.25, 0.3) is 0 Å². The Balaban J connectivity index is 2.30. The topological polar surface area (TPSA) is 113 Å².